The number of rotatable bonds is 4. The van der Waals surface area contributed by atoms with Crippen LogP contribution in [-0.2, 0) is 6.42 Å². The second-order valence-electron chi connectivity index (χ2n) is 4.44. The minimum absolute atomic E-state index is 0.0275. The Morgan fingerprint density at radius 3 is 1.95 bits per heavy atom. The van der Waals surface area contributed by atoms with Crippen molar-refractivity contribution in [3.05, 3.63) is 34.1 Å². The molecular weight excluding hydrogens is 371 g/mol. The summed E-state index contributed by atoms with van der Waals surface area (Å²) in [5, 5.41) is 2.02. The van der Waals surface area contributed by atoms with Crippen LogP contribution >= 0.6 is 15.9 Å². The van der Waals surface area contributed by atoms with Crippen LogP contribution in [0.2, 0.25) is 0 Å². The van der Waals surface area contributed by atoms with Gasteiger partial charge < -0.3 is 5.32 Å². The molecule has 0 fully saturated rings. The lowest BCUT2D eigenvalue weighted by Gasteiger charge is -2.30. The van der Waals surface area contributed by atoms with Gasteiger partial charge in [-0.3, -0.25) is 0 Å². The Hall–Kier alpha value is -0.830. The van der Waals surface area contributed by atoms with E-state index in [2.05, 4.69) is 15.9 Å². The van der Waals surface area contributed by atoms with Gasteiger partial charge >= 0.3 is 12.4 Å². The van der Waals surface area contributed by atoms with E-state index in [1.165, 1.54) is 6.07 Å². The number of hydrogen-bond acceptors (Lipinski definition) is 1. The molecule has 0 amide bonds. The molecule has 1 rings (SSSR count). The summed E-state index contributed by atoms with van der Waals surface area (Å²) in [5.41, 5.74) is 0.0275. The predicted octanol–water partition coefficient (Wildman–Crippen LogP) is 4.46. The number of benzene rings is 1. The summed E-state index contributed by atoms with van der Waals surface area (Å²) in [6.45, 7) is 0. The van der Waals surface area contributed by atoms with Crippen LogP contribution in [0.1, 0.15) is 5.56 Å². The second-order valence-corrected chi connectivity index (χ2v) is 5.35. The van der Waals surface area contributed by atoms with Gasteiger partial charge in [0.1, 0.15) is 5.82 Å². The maximum atomic E-state index is 13.2. The summed E-state index contributed by atoms with van der Waals surface area (Å²) in [5.74, 6) is -4.28. The molecular formula is C12H11BrF7N. The van der Waals surface area contributed by atoms with Crippen molar-refractivity contribution in [2.24, 2.45) is 5.92 Å². The quantitative estimate of drug-likeness (QED) is 0.759. The van der Waals surface area contributed by atoms with Gasteiger partial charge in [0.25, 0.3) is 0 Å². The predicted molar refractivity (Wildman–Crippen MR) is 66.3 cm³/mol. The fraction of sp³-hybridized carbons (Fsp3) is 0.500. The molecule has 0 spiro atoms. The third-order valence-corrected chi connectivity index (χ3v) is 3.31. The average Bonchev–Trinajstić information content (AvgIpc) is 2.22. The number of halogens is 8. The molecule has 21 heavy (non-hydrogen) atoms. The summed E-state index contributed by atoms with van der Waals surface area (Å²) < 4.78 is 89.4. The van der Waals surface area contributed by atoms with Gasteiger partial charge in [0, 0.05) is 10.5 Å². The first-order valence-corrected chi connectivity index (χ1v) is 6.50. The molecule has 1 atom stereocenters. The molecule has 0 aliphatic heterocycles. The van der Waals surface area contributed by atoms with E-state index in [1.807, 2.05) is 5.32 Å². The summed E-state index contributed by atoms with van der Waals surface area (Å²) >= 11 is 2.94. The third kappa shape index (κ3) is 5.14. The van der Waals surface area contributed by atoms with Crippen LogP contribution in [0.15, 0.2) is 22.7 Å². The van der Waals surface area contributed by atoms with E-state index >= 15 is 0 Å². The van der Waals surface area contributed by atoms with E-state index < -0.39 is 36.6 Å². The van der Waals surface area contributed by atoms with Gasteiger partial charge in [0.15, 0.2) is 5.92 Å². The summed E-state index contributed by atoms with van der Waals surface area (Å²) in [4.78, 5) is 0. The number of nitrogens with one attached hydrogen (secondary N) is 1. The highest BCUT2D eigenvalue weighted by atomic mass is 79.9. The second kappa shape index (κ2) is 6.51. The van der Waals surface area contributed by atoms with E-state index in [-0.39, 0.29) is 10.0 Å². The fourth-order valence-corrected chi connectivity index (χ4v) is 2.52. The highest BCUT2D eigenvalue weighted by Crippen LogP contribution is 2.42. The van der Waals surface area contributed by atoms with Gasteiger partial charge in [-0.25, -0.2) is 4.39 Å². The Morgan fingerprint density at radius 2 is 1.57 bits per heavy atom. The van der Waals surface area contributed by atoms with Crippen LogP contribution in [0.5, 0.6) is 0 Å². The van der Waals surface area contributed by atoms with Crippen LogP contribution in [0.25, 0.3) is 0 Å². The van der Waals surface area contributed by atoms with Crippen molar-refractivity contribution < 1.29 is 30.7 Å². The van der Waals surface area contributed by atoms with E-state index in [4.69, 9.17) is 0 Å². The minimum atomic E-state index is -5.45. The standard InChI is InChI=1S/C12H11BrF7N/c1-21-9(10(11(15,16)17)12(18,19)20)4-6-2-7(13)5-8(14)3-6/h2-3,5,9-10,21H,4H2,1H3. The largest absolute Gasteiger partial charge is 0.402 e. The van der Waals surface area contributed by atoms with Crippen molar-refractivity contribution in [1.29, 1.82) is 0 Å². The number of alkyl halides is 6. The van der Waals surface area contributed by atoms with Crippen LogP contribution in [-0.4, -0.2) is 25.4 Å². The first-order valence-electron chi connectivity index (χ1n) is 5.71. The number of hydrogen-bond donors (Lipinski definition) is 1. The van der Waals surface area contributed by atoms with Crippen molar-refractivity contribution >= 4 is 15.9 Å². The maximum Gasteiger partial charge on any atom is 0.402 e. The molecule has 0 aliphatic rings. The lowest BCUT2D eigenvalue weighted by Crippen LogP contribution is -2.51. The minimum Gasteiger partial charge on any atom is -0.316 e. The molecule has 0 saturated heterocycles. The molecule has 1 nitrogen and oxygen atoms in total. The zero-order valence-electron chi connectivity index (χ0n) is 10.6. The van der Waals surface area contributed by atoms with Crippen molar-refractivity contribution in [2.45, 2.75) is 24.8 Å². The third-order valence-electron chi connectivity index (χ3n) is 2.86. The highest BCUT2D eigenvalue weighted by molar-refractivity contribution is 9.10. The van der Waals surface area contributed by atoms with Crippen LogP contribution < -0.4 is 5.32 Å². The first-order chi connectivity index (χ1) is 9.45. The molecule has 1 N–H and O–H groups in total. The van der Waals surface area contributed by atoms with Gasteiger partial charge in [0.2, 0.25) is 0 Å². The zero-order valence-corrected chi connectivity index (χ0v) is 12.2. The molecule has 0 saturated carbocycles. The highest BCUT2D eigenvalue weighted by Gasteiger charge is 2.59. The molecule has 0 radical (unpaired) electrons. The molecule has 0 bridgehead atoms. The summed E-state index contributed by atoms with van der Waals surface area (Å²) in [6, 6.07) is 1.29. The smallest absolute Gasteiger partial charge is 0.316 e. The molecule has 9 heteroatoms. The average molecular weight is 382 g/mol. The molecule has 1 aromatic carbocycles. The lowest BCUT2D eigenvalue weighted by atomic mass is 9.92. The van der Waals surface area contributed by atoms with Gasteiger partial charge in [-0.05, 0) is 37.2 Å². The van der Waals surface area contributed by atoms with Gasteiger partial charge in [-0.15, -0.1) is 0 Å². The Morgan fingerprint density at radius 1 is 1.05 bits per heavy atom. The van der Waals surface area contributed by atoms with Gasteiger partial charge in [0.05, 0.1) is 0 Å². The molecule has 0 aromatic heterocycles. The fourth-order valence-electron chi connectivity index (χ4n) is 2.01. The maximum absolute atomic E-state index is 13.2. The summed E-state index contributed by atoms with van der Waals surface area (Å²) in [6.07, 6.45) is -11.5. The SMILES string of the molecule is CNC(Cc1cc(F)cc(Br)c1)C(C(F)(F)F)C(F)(F)F. The van der Waals surface area contributed by atoms with Crippen molar-refractivity contribution in [3.8, 4) is 0 Å². The van der Waals surface area contributed by atoms with Crippen LogP contribution in [0, 0.1) is 11.7 Å². The van der Waals surface area contributed by atoms with E-state index in [0.29, 0.717) is 0 Å². The zero-order chi connectivity index (χ0) is 16.4. The molecule has 120 valence electrons. The van der Waals surface area contributed by atoms with Crippen LogP contribution in [0.3, 0.4) is 0 Å². The molecule has 0 heterocycles. The van der Waals surface area contributed by atoms with E-state index in [9.17, 15) is 30.7 Å². The van der Waals surface area contributed by atoms with Gasteiger partial charge in [-0.1, -0.05) is 15.9 Å². The normalized spacial score (nSPS) is 14.6. The monoisotopic (exact) mass is 381 g/mol. The van der Waals surface area contributed by atoms with E-state index in [1.54, 1.807) is 0 Å². The van der Waals surface area contributed by atoms with E-state index in [0.717, 1.165) is 19.2 Å². The van der Waals surface area contributed by atoms with Gasteiger partial charge in [-0.2, -0.15) is 26.3 Å². The van der Waals surface area contributed by atoms with Crippen molar-refractivity contribution in [3.63, 3.8) is 0 Å². The Balaban J connectivity index is 3.10. The molecule has 1 aromatic rings. The summed E-state index contributed by atoms with van der Waals surface area (Å²) in [7, 11) is 1.00. The molecule has 1 unspecified atom stereocenters. The Labute approximate surface area is 124 Å². The van der Waals surface area contributed by atoms with Crippen molar-refractivity contribution in [1.82, 2.24) is 5.32 Å². The topological polar surface area (TPSA) is 12.0 Å². The lowest BCUT2D eigenvalue weighted by molar-refractivity contribution is -0.291. The molecule has 0 aliphatic carbocycles. The Kier molecular flexibility index (Phi) is 5.65. The van der Waals surface area contributed by atoms with Crippen molar-refractivity contribution in [2.75, 3.05) is 7.05 Å². The van der Waals surface area contributed by atoms with Crippen LogP contribution in [0.4, 0.5) is 30.7 Å². The Bertz CT molecular complexity index is 449. The number of likely N-dealkylation sites (N-methyl/N-ethyl adjacent to an activating group) is 1. The first kappa shape index (κ1) is 18.2.